The van der Waals surface area contributed by atoms with Gasteiger partial charge < -0.3 is 0 Å². The Morgan fingerprint density at radius 3 is 2.38 bits per heavy atom. The lowest BCUT2D eigenvalue weighted by Gasteiger charge is -2.06. The molecule has 0 saturated heterocycles. The van der Waals surface area contributed by atoms with Gasteiger partial charge in [0.05, 0.1) is 0 Å². The third-order valence-electron chi connectivity index (χ3n) is 5.52. The van der Waals surface area contributed by atoms with Crippen LogP contribution < -0.4 is 10.9 Å². The molecule has 0 radical (unpaired) electrons. The molecule has 0 N–H and O–H groups in total. The average Bonchev–Trinajstić information content (AvgIpc) is 3.17. The standard InChI is InChI=1S/C24H18O2/c1-2-3-6-14-9-10-15-12-20-22(18(15)11-14)21(25)13-19-16-7-4-5-8-17(16)24(26)23(19)20/h4-5,7-13H,2-3,6H2,1H3. The Kier molecular flexibility index (Phi) is 3.23. The van der Waals surface area contributed by atoms with Gasteiger partial charge in [-0.1, -0.05) is 55.8 Å². The van der Waals surface area contributed by atoms with Crippen molar-refractivity contribution in [3.05, 3.63) is 80.6 Å². The highest BCUT2D eigenvalue weighted by molar-refractivity contribution is 6.13. The summed E-state index contributed by atoms with van der Waals surface area (Å²) < 4.78 is 0. The van der Waals surface area contributed by atoms with Crippen molar-refractivity contribution in [1.82, 2.24) is 0 Å². The Labute approximate surface area is 151 Å². The first-order valence-corrected chi connectivity index (χ1v) is 9.19. The molecule has 0 saturated carbocycles. The van der Waals surface area contributed by atoms with Gasteiger partial charge in [0, 0.05) is 16.5 Å². The zero-order chi connectivity index (χ0) is 17.8. The Bertz CT molecular complexity index is 1300. The van der Waals surface area contributed by atoms with Crippen LogP contribution in [0.5, 0.6) is 0 Å². The molecular formula is C24H18O2. The van der Waals surface area contributed by atoms with Crippen molar-refractivity contribution in [3.8, 4) is 22.3 Å². The van der Waals surface area contributed by atoms with Gasteiger partial charge in [-0.15, -0.1) is 0 Å². The molecule has 0 heterocycles. The number of hydrogen-bond acceptors (Lipinski definition) is 2. The molecule has 2 nitrogen and oxygen atoms in total. The highest BCUT2D eigenvalue weighted by atomic mass is 16.1. The fourth-order valence-corrected chi connectivity index (χ4v) is 4.25. The lowest BCUT2D eigenvalue weighted by molar-refractivity contribution is 0.796. The predicted octanol–water partition coefficient (Wildman–Crippen LogP) is 5.14. The van der Waals surface area contributed by atoms with Crippen molar-refractivity contribution < 1.29 is 0 Å². The fourth-order valence-electron chi connectivity index (χ4n) is 4.25. The van der Waals surface area contributed by atoms with Gasteiger partial charge in [0.25, 0.3) is 0 Å². The summed E-state index contributed by atoms with van der Waals surface area (Å²) in [5.41, 5.74) is 4.25. The summed E-state index contributed by atoms with van der Waals surface area (Å²) in [6.07, 6.45) is 3.30. The van der Waals surface area contributed by atoms with Gasteiger partial charge in [-0.05, 0) is 57.8 Å². The van der Waals surface area contributed by atoms with Crippen LogP contribution in [0, 0.1) is 0 Å². The second kappa shape index (κ2) is 5.50. The summed E-state index contributed by atoms with van der Waals surface area (Å²) in [5, 5.41) is 3.59. The highest BCUT2D eigenvalue weighted by Gasteiger charge is 2.26. The summed E-state index contributed by atoms with van der Waals surface area (Å²) in [6, 6.07) is 17.6. The van der Waals surface area contributed by atoms with Crippen molar-refractivity contribution in [1.29, 1.82) is 0 Å². The second-order valence-electron chi connectivity index (χ2n) is 7.13. The molecule has 0 spiro atoms. The van der Waals surface area contributed by atoms with Crippen LogP contribution in [0.2, 0.25) is 0 Å². The largest absolute Gasteiger partial charge is 0.289 e. The van der Waals surface area contributed by atoms with Crippen LogP contribution in [0.15, 0.2) is 64.2 Å². The molecule has 2 aromatic rings. The Hall–Kier alpha value is -3.00. The average molecular weight is 338 g/mol. The summed E-state index contributed by atoms with van der Waals surface area (Å²) in [5.74, 6) is 0. The normalized spacial score (nSPS) is 12.0. The zero-order valence-corrected chi connectivity index (χ0v) is 14.6. The van der Waals surface area contributed by atoms with E-state index in [4.69, 9.17) is 0 Å². The van der Waals surface area contributed by atoms with E-state index in [1.165, 1.54) is 5.56 Å². The number of hydrogen-bond donors (Lipinski definition) is 0. The molecule has 126 valence electrons. The quantitative estimate of drug-likeness (QED) is 0.456. The first-order valence-electron chi connectivity index (χ1n) is 9.19. The van der Waals surface area contributed by atoms with Crippen LogP contribution >= 0.6 is 0 Å². The van der Waals surface area contributed by atoms with Crippen LogP contribution in [-0.4, -0.2) is 0 Å². The van der Waals surface area contributed by atoms with E-state index >= 15 is 0 Å². The first kappa shape index (κ1) is 15.3. The van der Waals surface area contributed by atoms with Crippen molar-refractivity contribution >= 4 is 21.5 Å². The monoisotopic (exact) mass is 338 g/mol. The smallest absolute Gasteiger partial charge is 0.194 e. The highest BCUT2D eigenvalue weighted by Crippen LogP contribution is 2.41. The maximum atomic E-state index is 13.0. The van der Waals surface area contributed by atoms with Crippen LogP contribution in [0.25, 0.3) is 43.8 Å². The summed E-state index contributed by atoms with van der Waals surface area (Å²) in [6.45, 7) is 2.18. The first-order chi connectivity index (χ1) is 12.7. The molecule has 0 aliphatic heterocycles. The lowest BCUT2D eigenvalue weighted by atomic mass is 9.95. The fraction of sp³-hybridized carbons (Fsp3) is 0.167. The molecule has 0 aromatic heterocycles. The van der Waals surface area contributed by atoms with Crippen LogP contribution in [0.1, 0.15) is 25.3 Å². The molecule has 2 aromatic carbocycles. The number of benzene rings is 3. The molecule has 2 heteroatoms. The summed E-state index contributed by atoms with van der Waals surface area (Å²) >= 11 is 0. The van der Waals surface area contributed by atoms with Crippen molar-refractivity contribution in [2.75, 3.05) is 0 Å². The van der Waals surface area contributed by atoms with Gasteiger partial charge in [0.1, 0.15) is 0 Å². The molecule has 0 atom stereocenters. The molecule has 0 bridgehead atoms. The van der Waals surface area contributed by atoms with E-state index in [1.807, 2.05) is 30.3 Å². The van der Waals surface area contributed by atoms with Crippen LogP contribution in [0.4, 0.5) is 0 Å². The van der Waals surface area contributed by atoms with E-state index in [9.17, 15) is 9.59 Å². The predicted molar refractivity (Wildman–Crippen MR) is 108 cm³/mol. The molecule has 0 amide bonds. The zero-order valence-electron chi connectivity index (χ0n) is 14.6. The number of aryl methyl sites for hydroxylation is 1. The second-order valence-corrected chi connectivity index (χ2v) is 7.13. The van der Waals surface area contributed by atoms with E-state index in [2.05, 4.69) is 25.1 Å². The Morgan fingerprint density at radius 1 is 0.769 bits per heavy atom. The maximum Gasteiger partial charge on any atom is 0.194 e. The van der Waals surface area contributed by atoms with E-state index in [0.717, 1.165) is 46.5 Å². The Morgan fingerprint density at radius 2 is 1.58 bits per heavy atom. The molecule has 5 rings (SSSR count). The third kappa shape index (κ3) is 1.99. The van der Waals surface area contributed by atoms with E-state index in [1.54, 1.807) is 6.07 Å². The third-order valence-corrected chi connectivity index (χ3v) is 5.52. The summed E-state index contributed by atoms with van der Waals surface area (Å²) in [7, 11) is 0. The maximum absolute atomic E-state index is 13.0. The molecule has 3 aliphatic rings. The van der Waals surface area contributed by atoms with E-state index in [0.29, 0.717) is 16.5 Å². The SMILES string of the molecule is CCCCc1ccc2cc3c4c(=O)c5ccccc5c-4cc(=O)c-3c2c1. The number of fused-ring (bicyclic) bond motifs is 7. The summed E-state index contributed by atoms with van der Waals surface area (Å²) in [4.78, 5) is 25.9. The van der Waals surface area contributed by atoms with Gasteiger partial charge >= 0.3 is 0 Å². The Balaban J connectivity index is 1.88. The minimum absolute atomic E-state index is 0.00546. The van der Waals surface area contributed by atoms with Crippen molar-refractivity contribution in [2.45, 2.75) is 26.2 Å². The molecule has 0 fully saturated rings. The lowest BCUT2D eigenvalue weighted by Crippen LogP contribution is -2.08. The topological polar surface area (TPSA) is 34.1 Å². The van der Waals surface area contributed by atoms with Crippen molar-refractivity contribution in [3.63, 3.8) is 0 Å². The van der Waals surface area contributed by atoms with Gasteiger partial charge in [-0.3, -0.25) is 9.59 Å². The van der Waals surface area contributed by atoms with Crippen molar-refractivity contribution in [2.24, 2.45) is 0 Å². The van der Waals surface area contributed by atoms with Gasteiger partial charge in [-0.2, -0.15) is 0 Å². The van der Waals surface area contributed by atoms with E-state index in [-0.39, 0.29) is 10.9 Å². The van der Waals surface area contributed by atoms with Gasteiger partial charge in [0.2, 0.25) is 0 Å². The number of rotatable bonds is 3. The minimum Gasteiger partial charge on any atom is -0.289 e. The van der Waals surface area contributed by atoms with Gasteiger partial charge in [0.15, 0.2) is 10.9 Å². The molecule has 0 unspecified atom stereocenters. The minimum atomic E-state index is 0.00546. The van der Waals surface area contributed by atoms with Gasteiger partial charge in [-0.25, -0.2) is 0 Å². The molecular weight excluding hydrogens is 320 g/mol. The molecule has 3 aliphatic carbocycles. The van der Waals surface area contributed by atoms with Crippen LogP contribution in [0.3, 0.4) is 0 Å². The molecule has 26 heavy (non-hydrogen) atoms. The number of unbranched alkanes of at least 4 members (excludes halogenated alkanes) is 1. The van der Waals surface area contributed by atoms with Crippen LogP contribution in [-0.2, 0) is 6.42 Å². The van der Waals surface area contributed by atoms with E-state index < -0.39 is 0 Å².